The van der Waals surface area contributed by atoms with Crippen molar-refractivity contribution in [1.82, 2.24) is 24.2 Å². The van der Waals surface area contributed by atoms with E-state index in [0.717, 1.165) is 56.9 Å². The number of benzene rings is 1. The summed E-state index contributed by atoms with van der Waals surface area (Å²) in [5.74, 6) is 0. The lowest BCUT2D eigenvalue weighted by atomic mass is 10.1. The van der Waals surface area contributed by atoms with Crippen LogP contribution in [-0.2, 0) is 19.5 Å². The molecular formula is C23H30N6O. The van der Waals surface area contributed by atoms with Crippen LogP contribution in [0.3, 0.4) is 0 Å². The fourth-order valence-electron chi connectivity index (χ4n) is 4.71. The molecular weight excluding hydrogens is 376 g/mol. The van der Waals surface area contributed by atoms with Crippen LogP contribution < -0.4 is 10.5 Å². The number of fused-ring (bicyclic) bond motifs is 2. The number of nitrogens with zero attached hydrogens (tertiary/aromatic N) is 6. The summed E-state index contributed by atoms with van der Waals surface area (Å²) < 4.78 is 3.89. The van der Waals surface area contributed by atoms with E-state index in [1.165, 1.54) is 24.1 Å². The smallest absolute Gasteiger partial charge is 0.261 e. The summed E-state index contributed by atoms with van der Waals surface area (Å²) in [7, 11) is 0. The molecule has 1 saturated heterocycles. The Labute approximate surface area is 176 Å². The van der Waals surface area contributed by atoms with Crippen LogP contribution in [0.25, 0.3) is 10.9 Å². The van der Waals surface area contributed by atoms with Crippen LogP contribution >= 0.6 is 0 Å². The molecule has 0 radical (unpaired) electrons. The lowest BCUT2D eigenvalue weighted by Crippen LogP contribution is -2.46. The summed E-state index contributed by atoms with van der Waals surface area (Å²) in [5.41, 5.74) is 4.81. The molecule has 1 fully saturated rings. The first-order valence-electron chi connectivity index (χ1n) is 11.1. The average Bonchev–Trinajstić information content (AvgIpc) is 3.17. The Morgan fingerprint density at radius 3 is 2.70 bits per heavy atom. The van der Waals surface area contributed by atoms with Gasteiger partial charge in [0.25, 0.3) is 5.56 Å². The molecule has 0 atom stereocenters. The third kappa shape index (κ3) is 3.51. The molecule has 2 aromatic heterocycles. The van der Waals surface area contributed by atoms with Gasteiger partial charge < -0.3 is 4.90 Å². The van der Waals surface area contributed by atoms with Crippen LogP contribution in [0.4, 0.5) is 5.69 Å². The van der Waals surface area contributed by atoms with Crippen molar-refractivity contribution in [3.63, 3.8) is 0 Å². The third-order valence-electron chi connectivity index (χ3n) is 6.52. The minimum Gasteiger partial charge on any atom is -0.369 e. The van der Waals surface area contributed by atoms with Gasteiger partial charge in [0, 0.05) is 62.3 Å². The molecule has 5 rings (SSSR count). The molecule has 3 aromatic rings. The second-order valence-corrected chi connectivity index (χ2v) is 8.81. The van der Waals surface area contributed by atoms with Crippen LogP contribution in [0, 0.1) is 0 Å². The van der Waals surface area contributed by atoms with Gasteiger partial charge in [-0.1, -0.05) is 0 Å². The molecule has 158 valence electrons. The van der Waals surface area contributed by atoms with Gasteiger partial charge in [-0.3, -0.25) is 18.9 Å². The van der Waals surface area contributed by atoms with Gasteiger partial charge >= 0.3 is 0 Å². The van der Waals surface area contributed by atoms with Crippen molar-refractivity contribution in [3.8, 4) is 0 Å². The Kier molecular flexibility index (Phi) is 5.06. The lowest BCUT2D eigenvalue weighted by molar-refractivity contribution is 0.248. The first kappa shape index (κ1) is 19.3. The quantitative estimate of drug-likeness (QED) is 0.667. The van der Waals surface area contributed by atoms with Crippen molar-refractivity contribution in [2.24, 2.45) is 0 Å². The number of aromatic nitrogens is 4. The number of rotatable bonds is 4. The Morgan fingerprint density at radius 2 is 1.90 bits per heavy atom. The predicted octanol–water partition coefficient (Wildman–Crippen LogP) is 2.83. The molecule has 1 aromatic carbocycles. The predicted molar refractivity (Wildman–Crippen MR) is 119 cm³/mol. The van der Waals surface area contributed by atoms with Crippen LogP contribution in [0.5, 0.6) is 0 Å². The largest absolute Gasteiger partial charge is 0.369 e. The van der Waals surface area contributed by atoms with Crippen molar-refractivity contribution in [3.05, 3.63) is 52.3 Å². The normalized spacial score (nSPS) is 17.6. The molecule has 2 aliphatic heterocycles. The molecule has 0 amide bonds. The van der Waals surface area contributed by atoms with Crippen LogP contribution in [0.15, 0.2) is 35.5 Å². The Hall–Kier alpha value is -2.67. The lowest BCUT2D eigenvalue weighted by Gasteiger charge is -2.36. The van der Waals surface area contributed by atoms with E-state index in [1.54, 1.807) is 10.9 Å². The van der Waals surface area contributed by atoms with Gasteiger partial charge in [-0.2, -0.15) is 5.10 Å². The van der Waals surface area contributed by atoms with Gasteiger partial charge in [-0.05, 0) is 51.3 Å². The van der Waals surface area contributed by atoms with Gasteiger partial charge in [-0.25, -0.2) is 4.98 Å². The second-order valence-electron chi connectivity index (χ2n) is 8.81. The highest BCUT2D eigenvalue weighted by Crippen LogP contribution is 2.23. The molecule has 7 nitrogen and oxygen atoms in total. The molecule has 7 heteroatoms. The molecule has 2 aliphatic rings. The van der Waals surface area contributed by atoms with Crippen LogP contribution in [-0.4, -0.2) is 50.4 Å². The summed E-state index contributed by atoms with van der Waals surface area (Å²) in [6.07, 6.45) is 7.44. The maximum absolute atomic E-state index is 12.6. The van der Waals surface area contributed by atoms with Crippen molar-refractivity contribution >= 4 is 16.6 Å². The van der Waals surface area contributed by atoms with E-state index in [1.807, 2.05) is 19.9 Å². The zero-order valence-electron chi connectivity index (χ0n) is 17.9. The van der Waals surface area contributed by atoms with E-state index in [9.17, 15) is 4.79 Å². The van der Waals surface area contributed by atoms with Crippen molar-refractivity contribution in [2.75, 3.05) is 31.1 Å². The van der Waals surface area contributed by atoms with E-state index >= 15 is 0 Å². The highest BCUT2D eigenvalue weighted by molar-refractivity contribution is 5.81. The Bertz CT molecular complexity index is 1110. The topological polar surface area (TPSA) is 59.2 Å². The minimum absolute atomic E-state index is 0.0379. The summed E-state index contributed by atoms with van der Waals surface area (Å²) in [6, 6.07) is 6.18. The summed E-state index contributed by atoms with van der Waals surface area (Å²) in [5, 5.41) is 5.28. The molecule has 0 N–H and O–H groups in total. The van der Waals surface area contributed by atoms with Gasteiger partial charge in [0.15, 0.2) is 0 Å². The highest BCUT2D eigenvalue weighted by Gasteiger charge is 2.21. The Balaban J connectivity index is 1.27. The second kappa shape index (κ2) is 7.87. The molecule has 0 bridgehead atoms. The summed E-state index contributed by atoms with van der Waals surface area (Å²) >= 11 is 0. The van der Waals surface area contributed by atoms with Crippen LogP contribution in [0.2, 0.25) is 0 Å². The van der Waals surface area contributed by atoms with E-state index in [0.29, 0.717) is 5.39 Å². The van der Waals surface area contributed by atoms with Gasteiger partial charge in [0.2, 0.25) is 0 Å². The van der Waals surface area contributed by atoms with Crippen molar-refractivity contribution in [2.45, 2.75) is 52.2 Å². The SMILES string of the molecule is CC(C)n1cnc2cc(N3CCN(Cc4cnn5c4CCCC5)CC3)ccc2c1=O. The zero-order chi connectivity index (χ0) is 20.7. The van der Waals surface area contributed by atoms with E-state index in [2.05, 4.69) is 42.9 Å². The number of hydrogen-bond donors (Lipinski definition) is 0. The monoisotopic (exact) mass is 406 g/mol. The minimum atomic E-state index is 0.0379. The van der Waals surface area contributed by atoms with Gasteiger partial charge in [0.05, 0.1) is 23.4 Å². The molecule has 0 saturated carbocycles. The number of piperazine rings is 1. The fraction of sp³-hybridized carbons (Fsp3) is 0.522. The number of anilines is 1. The highest BCUT2D eigenvalue weighted by atomic mass is 16.1. The maximum atomic E-state index is 12.6. The van der Waals surface area contributed by atoms with Gasteiger partial charge in [-0.15, -0.1) is 0 Å². The zero-order valence-corrected chi connectivity index (χ0v) is 17.9. The standard InChI is InChI=1S/C23H30N6O/c1-17(2)28-16-24-21-13-19(6-7-20(21)23(28)30)27-11-9-26(10-12-27)15-18-14-25-29-8-4-3-5-22(18)29/h6-7,13-14,16-17H,3-5,8-12,15H2,1-2H3. The molecule has 0 aliphatic carbocycles. The van der Waals surface area contributed by atoms with E-state index in [4.69, 9.17) is 0 Å². The van der Waals surface area contributed by atoms with Crippen molar-refractivity contribution in [1.29, 1.82) is 0 Å². The third-order valence-corrected chi connectivity index (χ3v) is 6.52. The first-order chi connectivity index (χ1) is 14.6. The van der Waals surface area contributed by atoms with E-state index in [-0.39, 0.29) is 11.6 Å². The number of hydrogen-bond acceptors (Lipinski definition) is 5. The molecule has 0 unspecified atom stereocenters. The molecule has 4 heterocycles. The maximum Gasteiger partial charge on any atom is 0.261 e. The number of aryl methyl sites for hydroxylation is 1. The van der Waals surface area contributed by atoms with Gasteiger partial charge in [0.1, 0.15) is 0 Å². The molecule has 30 heavy (non-hydrogen) atoms. The van der Waals surface area contributed by atoms with Crippen molar-refractivity contribution < 1.29 is 0 Å². The average molecular weight is 407 g/mol. The van der Waals surface area contributed by atoms with Crippen LogP contribution in [0.1, 0.15) is 44.0 Å². The molecule has 0 spiro atoms. The summed E-state index contributed by atoms with van der Waals surface area (Å²) in [6.45, 7) is 10.1. The van der Waals surface area contributed by atoms with E-state index < -0.39 is 0 Å². The fourth-order valence-corrected chi connectivity index (χ4v) is 4.71. The first-order valence-corrected chi connectivity index (χ1v) is 11.1. The summed E-state index contributed by atoms with van der Waals surface area (Å²) in [4.78, 5) is 22.1. The Morgan fingerprint density at radius 1 is 1.07 bits per heavy atom.